The van der Waals surface area contributed by atoms with Gasteiger partial charge in [0.05, 0.1) is 116 Å². The van der Waals surface area contributed by atoms with E-state index in [1.165, 1.54) is 6.07 Å². The van der Waals surface area contributed by atoms with Crippen LogP contribution < -0.4 is 16.0 Å². The number of imide groups is 2. The summed E-state index contributed by atoms with van der Waals surface area (Å²) in [5.74, 6) is -2.73. The number of fused-ring (bicyclic) bond motifs is 1. The van der Waals surface area contributed by atoms with Gasteiger partial charge in [-0.25, -0.2) is 4.79 Å². The van der Waals surface area contributed by atoms with Crippen LogP contribution in [0.2, 0.25) is 0 Å². The molecule has 2 aliphatic heterocycles. The van der Waals surface area contributed by atoms with Gasteiger partial charge in [-0.3, -0.25) is 34.2 Å². The molecule has 2 aromatic rings. The minimum atomic E-state index is -1.08. The fraction of sp³-hybridized carbons (Fsp3) is 0.581. The van der Waals surface area contributed by atoms with E-state index in [0.717, 1.165) is 23.3 Å². The highest BCUT2D eigenvalue weighted by atomic mass is 16.6. The summed E-state index contributed by atoms with van der Waals surface area (Å²) in [4.78, 5) is 75.3. The van der Waals surface area contributed by atoms with Gasteiger partial charge in [-0.2, -0.15) is 0 Å². The molecule has 0 spiro atoms. The van der Waals surface area contributed by atoms with Crippen molar-refractivity contribution in [2.24, 2.45) is 0 Å². The lowest BCUT2D eigenvalue weighted by Gasteiger charge is -2.27. The molecule has 4 rings (SSSR count). The van der Waals surface area contributed by atoms with Gasteiger partial charge in [0, 0.05) is 26.0 Å². The summed E-state index contributed by atoms with van der Waals surface area (Å²) < 4.78 is 49.1. The highest BCUT2D eigenvalue weighted by molar-refractivity contribution is 6.26. The average molecular weight is 873 g/mol. The average Bonchev–Trinajstić information content (AvgIpc) is 3.52. The molecule has 0 aliphatic carbocycles. The first kappa shape index (κ1) is 49.8. The number of unbranched alkanes of at least 4 members (excludes halogenated alkanes) is 2. The number of hydrogen-bond donors (Lipinski definition) is 3. The number of ether oxygens (including phenoxy) is 9. The first-order chi connectivity index (χ1) is 30.3. The largest absolute Gasteiger partial charge is 0.445 e. The number of hydrogen-bond acceptors (Lipinski definition) is 15. The molecule has 0 saturated carbocycles. The highest BCUT2D eigenvalue weighted by Crippen LogP contribution is 2.32. The molecule has 2 aromatic carbocycles. The van der Waals surface area contributed by atoms with Gasteiger partial charge in [0.1, 0.15) is 12.6 Å². The molecule has 19 heteroatoms. The van der Waals surface area contributed by atoms with Crippen LogP contribution >= 0.6 is 0 Å². The van der Waals surface area contributed by atoms with E-state index in [2.05, 4.69) is 16.0 Å². The van der Waals surface area contributed by atoms with Crippen molar-refractivity contribution in [2.75, 3.05) is 118 Å². The van der Waals surface area contributed by atoms with E-state index in [1.54, 1.807) is 12.1 Å². The molecule has 2 heterocycles. The van der Waals surface area contributed by atoms with Gasteiger partial charge in [0.2, 0.25) is 17.7 Å². The second-order valence-electron chi connectivity index (χ2n) is 13.9. The highest BCUT2D eigenvalue weighted by Gasteiger charge is 2.45. The zero-order valence-electron chi connectivity index (χ0n) is 35.2. The Labute approximate surface area is 361 Å². The van der Waals surface area contributed by atoms with Crippen molar-refractivity contribution in [3.63, 3.8) is 0 Å². The van der Waals surface area contributed by atoms with E-state index in [1.807, 2.05) is 30.3 Å². The van der Waals surface area contributed by atoms with Crippen molar-refractivity contribution in [2.45, 2.75) is 51.2 Å². The Kier molecular flexibility index (Phi) is 24.3. The summed E-state index contributed by atoms with van der Waals surface area (Å²) in [6.07, 6.45) is 1.94. The fourth-order valence-electron chi connectivity index (χ4n) is 6.14. The van der Waals surface area contributed by atoms with Crippen LogP contribution in [0.25, 0.3) is 0 Å². The van der Waals surface area contributed by atoms with Crippen molar-refractivity contribution < 1.29 is 71.4 Å². The molecule has 0 aromatic heterocycles. The summed E-state index contributed by atoms with van der Waals surface area (Å²) in [5.41, 5.74) is 1.30. The standard InChI is InChI=1S/C43H60N4O15/c48-37(45-35-11-7-10-34-39(35)42(52)47(41(34)51)36-13-14-38(49)46-40(36)50)12-5-2-6-16-54-18-20-56-22-24-58-26-28-60-30-31-61-29-27-59-25-23-57-21-19-55-17-15-44-43(53)62-32-33-8-3-1-4-9-33/h1,3-4,7-11,36H,2,5-6,12-32H2,(H,44,53)(H,45,48)(H,46,49,50). The Morgan fingerprint density at radius 3 is 1.73 bits per heavy atom. The first-order valence-corrected chi connectivity index (χ1v) is 21.1. The van der Waals surface area contributed by atoms with Crippen LogP contribution in [-0.2, 0) is 63.6 Å². The van der Waals surface area contributed by atoms with Crippen molar-refractivity contribution in [3.05, 3.63) is 65.2 Å². The fourth-order valence-corrected chi connectivity index (χ4v) is 6.14. The Bertz CT molecular complexity index is 1680. The zero-order valence-corrected chi connectivity index (χ0v) is 35.2. The Morgan fingerprint density at radius 1 is 0.613 bits per heavy atom. The third-order valence-electron chi connectivity index (χ3n) is 9.27. The normalized spacial score (nSPS) is 14.8. The Hall–Kier alpha value is -4.86. The number of carbonyl (C=O) groups excluding carboxylic acids is 6. The number of alkyl carbamates (subject to hydrolysis) is 1. The minimum absolute atomic E-state index is 0.0249. The number of nitrogens with one attached hydrogen (secondary N) is 3. The summed E-state index contributed by atoms with van der Waals surface area (Å²) in [6.45, 7) is 7.65. The molecule has 1 saturated heterocycles. The number of nitrogens with zero attached hydrogens (tertiary/aromatic N) is 1. The van der Waals surface area contributed by atoms with Crippen LogP contribution in [0.15, 0.2) is 48.5 Å². The van der Waals surface area contributed by atoms with Crippen LogP contribution in [0, 0.1) is 0 Å². The maximum absolute atomic E-state index is 13.2. The summed E-state index contributed by atoms with van der Waals surface area (Å²) in [5, 5.41) is 7.54. The molecule has 3 N–H and O–H groups in total. The van der Waals surface area contributed by atoms with Crippen molar-refractivity contribution in [3.8, 4) is 0 Å². The Morgan fingerprint density at radius 2 is 1.16 bits per heavy atom. The number of rotatable bonds is 34. The van der Waals surface area contributed by atoms with Gasteiger partial charge in [0.25, 0.3) is 11.8 Å². The molecule has 1 fully saturated rings. The van der Waals surface area contributed by atoms with E-state index in [9.17, 15) is 28.8 Å². The lowest BCUT2D eigenvalue weighted by Crippen LogP contribution is -2.54. The second-order valence-corrected chi connectivity index (χ2v) is 13.9. The molecule has 342 valence electrons. The zero-order chi connectivity index (χ0) is 44.0. The van der Waals surface area contributed by atoms with Crippen LogP contribution in [0.5, 0.6) is 0 Å². The van der Waals surface area contributed by atoms with E-state index in [-0.39, 0.29) is 48.6 Å². The quantitative estimate of drug-likeness (QED) is 0.0679. The number of anilines is 1. The molecule has 6 amide bonds. The van der Waals surface area contributed by atoms with Crippen molar-refractivity contribution >= 4 is 41.3 Å². The van der Waals surface area contributed by atoms with Gasteiger partial charge in [-0.1, -0.05) is 42.8 Å². The number of piperidine rings is 1. The van der Waals surface area contributed by atoms with E-state index in [4.69, 9.17) is 42.6 Å². The molecule has 0 radical (unpaired) electrons. The Balaban J connectivity index is 0.831. The molecule has 62 heavy (non-hydrogen) atoms. The third-order valence-corrected chi connectivity index (χ3v) is 9.27. The SMILES string of the molecule is O=C1CCC(N2C(=O)c3cccc(NC(=O)CCCCCOCCOCCOCCOCCOCCOCCOCCOCCNC(=O)OCc4ccccc4)c3C2=O)C(=O)N1. The molecule has 19 nitrogen and oxygen atoms in total. The number of carbonyl (C=O) groups is 6. The lowest BCUT2D eigenvalue weighted by atomic mass is 10.0. The van der Waals surface area contributed by atoms with Gasteiger partial charge >= 0.3 is 6.09 Å². The van der Waals surface area contributed by atoms with Crippen molar-refractivity contribution in [1.29, 1.82) is 0 Å². The van der Waals surface area contributed by atoms with Gasteiger partial charge in [-0.15, -0.1) is 0 Å². The van der Waals surface area contributed by atoms with Gasteiger partial charge < -0.3 is 53.3 Å². The molecular formula is C43H60N4O15. The predicted molar refractivity (Wildman–Crippen MR) is 221 cm³/mol. The topological polar surface area (TPSA) is 225 Å². The van der Waals surface area contributed by atoms with Gasteiger partial charge in [-0.05, 0) is 37.0 Å². The molecule has 0 bridgehead atoms. The predicted octanol–water partition coefficient (Wildman–Crippen LogP) is 2.65. The van der Waals surface area contributed by atoms with Crippen LogP contribution in [-0.4, -0.2) is 159 Å². The summed E-state index contributed by atoms with van der Waals surface area (Å²) in [6, 6.07) is 13.0. The molecule has 1 atom stereocenters. The lowest BCUT2D eigenvalue weighted by molar-refractivity contribution is -0.136. The second kappa shape index (κ2) is 30.2. The maximum Gasteiger partial charge on any atom is 0.407 e. The smallest absolute Gasteiger partial charge is 0.407 e. The monoisotopic (exact) mass is 872 g/mol. The van der Waals surface area contributed by atoms with Crippen molar-refractivity contribution in [1.82, 2.24) is 15.5 Å². The van der Waals surface area contributed by atoms with E-state index < -0.39 is 35.8 Å². The van der Waals surface area contributed by atoms with Crippen LogP contribution in [0.1, 0.15) is 64.8 Å². The van der Waals surface area contributed by atoms with Gasteiger partial charge in [0.15, 0.2) is 0 Å². The summed E-state index contributed by atoms with van der Waals surface area (Å²) >= 11 is 0. The molecule has 1 unspecified atom stereocenters. The summed E-state index contributed by atoms with van der Waals surface area (Å²) in [7, 11) is 0. The maximum atomic E-state index is 13.2. The third kappa shape index (κ3) is 19.0. The molecular weight excluding hydrogens is 812 g/mol. The van der Waals surface area contributed by atoms with Crippen LogP contribution in [0.4, 0.5) is 10.5 Å². The minimum Gasteiger partial charge on any atom is -0.445 e. The first-order valence-electron chi connectivity index (χ1n) is 21.1. The number of amides is 6. The van der Waals surface area contributed by atoms with E-state index in [0.29, 0.717) is 119 Å². The molecule has 2 aliphatic rings. The van der Waals surface area contributed by atoms with Crippen LogP contribution in [0.3, 0.4) is 0 Å². The number of benzene rings is 2. The van der Waals surface area contributed by atoms with E-state index >= 15 is 0 Å².